The van der Waals surface area contributed by atoms with Crippen LogP contribution < -0.4 is 0 Å². The highest BCUT2D eigenvalue weighted by Gasteiger charge is 2.43. The van der Waals surface area contributed by atoms with Gasteiger partial charge in [-0.2, -0.15) is 0 Å². The van der Waals surface area contributed by atoms with Gasteiger partial charge in [0.15, 0.2) is 0 Å². The van der Waals surface area contributed by atoms with Gasteiger partial charge in [0.1, 0.15) is 4.88 Å². The zero-order valence-electron chi connectivity index (χ0n) is 15.7. The summed E-state index contributed by atoms with van der Waals surface area (Å²) in [5.41, 5.74) is 3.26. The van der Waals surface area contributed by atoms with Gasteiger partial charge in [0.25, 0.3) is 5.91 Å². The van der Waals surface area contributed by atoms with Crippen molar-refractivity contribution in [3.63, 3.8) is 0 Å². The highest BCUT2D eigenvalue weighted by molar-refractivity contribution is 7.14. The monoisotopic (exact) mass is 417 g/mol. The van der Waals surface area contributed by atoms with Gasteiger partial charge in [-0.1, -0.05) is 0 Å². The Morgan fingerprint density at radius 3 is 2.71 bits per heavy atom. The SMILES string of the molecule is O=C(O)c1cc2c(s1)CCOC21CCN(C(=O)c2scc3c2CCCC3)CC1. The minimum absolute atomic E-state index is 0.163. The van der Waals surface area contributed by atoms with Crippen molar-refractivity contribution in [2.45, 2.75) is 50.5 Å². The van der Waals surface area contributed by atoms with E-state index in [4.69, 9.17) is 4.74 Å². The predicted molar refractivity (Wildman–Crippen MR) is 109 cm³/mol. The number of aromatic carboxylic acids is 1. The lowest BCUT2D eigenvalue weighted by Crippen LogP contribution is -2.48. The summed E-state index contributed by atoms with van der Waals surface area (Å²) in [6.45, 7) is 1.94. The summed E-state index contributed by atoms with van der Waals surface area (Å²) < 4.78 is 6.21. The molecule has 5 rings (SSSR count). The highest BCUT2D eigenvalue weighted by atomic mass is 32.1. The van der Waals surface area contributed by atoms with E-state index in [0.29, 0.717) is 24.6 Å². The van der Waals surface area contributed by atoms with E-state index in [2.05, 4.69) is 5.38 Å². The fourth-order valence-corrected chi connectivity index (χ4v) is 7.04. The Bertz CT molecular complexity index is 936. The van der Waals surface area contributed by atoms with Crippen LogP contribution in [-0.4, -0.2) is 41.6 Å². The van der Waals surface area contributed by atoms with Gasteiger partial charge < -0.3 is 14.7 Å². The Balaban J connectivity index is 1.35. The number of carbonyl (C=O) groups excluding carboxylic acids is 1. The second-order valence-corrected chi connectivity index (χ2v) is 9.93. The number of rotatable bonds is 2. The third-order valence-electron chi connectivity index (χ3n) is 6.37. The van der Waals surface area contributed by atoms with E-state index in [-0.39, 0.29) is 5.91 Å². The molecule has 1 saturated heterocycles. The molecule has 5 nitrogen and oxygen atoms in total. The number of thiophene rings is 2. The lowest BCUT2D eigenvalue weighted by atomic mass is 9.82. The van der Waals surface area contributed by atoms with Gasteiger partial charge in [0.05, 0.1) is 17.1 Å². The van der Waals surface area contributed by atoms with Crippen LogP contribution >= 0.6 is 22.7 Å². The molecule has 0 saturated carbocycles. The molecule has 0 atom stereocenters. The summed E-state index contributed by atoms with van der Waals surface area (Å²) in [4.78, 5) is 29.0. The van der Waals surface area contributed by atoms with Crippen LogP contribution in [0.1, 0.15) is 66.6 Å². The highest BCUT2D eigenvalue weighted by Crippen LogP contribution is 2.45. The van der Waals surface area contributed by atoms with Crippen molar-refractivity contribution in [3.05, 3.63) is 42.8 Å². The molecule has 148 valence electrons. The molecule has 28 heavy (non-hydrogen) atoms. The van der Waals surface area contributed by atoms with Crippen LogP contribution in [0.2, 0.25) is 0 Å². The number of carboxylic acid groups (broad SMARTS) is 1. The van der Waals surface area contributed by atoms with Gasteiger partial charge in [-0.15, -0.1) is 22.7 Å². The second kappa shape index (κ2) is 6.97. The van der Waals surface area contributed by atoms with Gasteiger partial charge in [-0.05, 0) is 66.7 Å². The summed E-state index contributed by atoms with van der Waals surface area (Å²) >= 11 is 2.98. The summed E-state index contributed by atoms with van der Waals surface area (Å²) in [7, 11) is 0. The number of hydrogen-bond donors (Lipinski definition) is 1. The lowest BCUT2D eigenvalue weighted by Gasteiger charge is -2.44. The Kier molecular flexibility index (Phi) is 4.56. The molecule has 4 heterocycles. The third kappa shape index (κ3) is 2.91. The van der Waals surface area contributed by atoms with E-state index in [9.17, 15) is 14.7 Å². The van der Waals surface area contributed by atoms with Crippen LogP contribution in [0.15, 0.2) is 11.4 Å². The van der Waals surface area contributed by atoms with Crippen molar-refractivity contribution in [2.75, 3.05) is 19.7 Å². The maximum absolute atomic E-state index is 13.2. The summed E-state index contributed by atoms with van der Waals surface area (Å²) in [6, 6.07) is 1.80. The Labute approximate surface area is 171 Å². The van der Waals surface area contributed by atoms with E-state index in [1.54, 1.807) is 17.4 Å². The van der Waals surface area contributed by atoms with Gasteiger partial charge in [0, 0.05) is 24.4 Å². The number of fused-ring (bicyclic) bond motifs is 3. The Morgan fingerprint density at radius 2 is 1.93 bits per heavy atom. The number of aryl methyl sites for hydroxylation is 1. The number of ether oxygens (including phenoxy) is 1. The van der Waals surface area contributed by atoms with Gasteiger partial charge in [0.2, 0.25) is 0 Å². The van der Waals surface area contributed by atoms with Crippen molar-refractivity contribution < 1.29 is 19.4 Å². The summed E-state index contributed by atoms with van der Waals surface area (Å²) in [6.07, 6.45) is 6.76. The largest absolute Gasteiger partial charge is 0.477 e. The van der Waals surface area contributed by atoms with Crippen LogP contribution in [0.5, 0.6) is 0 Å². The first-order valence-electron chi connectivity index (χ1n) is 9.96. The maximum atomic E-state index is 13.2. The standard InChI is InChI=1S/C21H23NO4S2/c23-19(18-14-4-2-1-3-13(14)12-27-18)22-8-6-21(7-9-22)15-11-17(20(24)25)28-16(15)5-10-26-21/h11-12H,1-10H2,(H,24,25). The van der Waals surface area contributed by atoms with Crippen molar-refractivity contribution >= 4 is 34.6 Å². The van der Waals surface area contributed by atoms with Crippen molar-refractivity contribution in [1.29, 1.82) is 0 Å². The molecule has 0 aromatic carbocycles. The second-order valence-electron chi connectivity index (χ2n) is 7.91. The fraction of sp³-hybridized carbons (Fsp3) is 0.524. The molecule has 0 radical (unpaired) electrons. The molecule has 0 unspecified atom stereocenters. The minimum Gasteiger partial charge on any atom is -0.477 e. The average molecular weight is 418 g/mol. The summed E-state index contributed by atoms with van der Waals surface area (Å²) in [5.74, 6) is -0.708. The topological polar surface area (TPSA) is 66.8 Å². The average Bonchev–Trinajstić information content (AvgIpc) is 3.34. The van der Waals surface area contributed by atoms with Gasteiger partial charge in [-0.25, -0.2) is 4.79 Å². The zero-order valence-corrected chi connectivity index (χ0v) is 17.3. The van der Waals surface area contributed by atoms with Crippen LogP contribution in [0.25, 0.3) is 0 Å². The number of carbonyl (C=O) groups is 2. The molecule has 1 spiro atoms. The van der Waals surface area contributed by atoms with Crippen molar-refractivity contribution in [3.8, 4) is 0 Å². The fourth-order valence-electron chi connectivity index (χ4n) is 4.85. The molecule has 7 heteroatoms. The molecule has 0 bridgehead atoms. The first-order valence-corrected chi connectivity index (χ1v) is 11.7. The molecule has 1 fully saturated rings. The lowest BCUT2D eigenvalue weighted by molar-refractivity contribution is -0.0926. The molecule has 2 aromatic heterocycles. The number of amides is 1. The van der Waals surface area contributed by atoms with E-state index in [1.807, 2.05) is 4.90 Å². The minimum atomic E-state index is -0.871. The first-order chi connectivity index (χ1) is 13.6. The van der Waals surface area contributed by atoms with E-state index in [1.165, 1.54) is 35.3 Å². The van der Waals surface area contributed by atoms with E-state index < -0.39 is 11.6 Å². The number of carboxylic acids is 1. The van der Waals surface area contributed by atoms with Crippen molar-refractivity contribution in [1.82, 2.24) is 4.90 Å². The molecular formula is C21H23NO4S2. The predicted octanol–water partition coefficient (Wildman–Crippen LogP) is 4.09. The molecule has 3 aliphatic rings. The smallest absolute Gasteiger partial charge is 0.345 e. The molecule has 2 aliphatic heterocycles. The molecule has 1 aliphatic carbocycles. The molecule has 2 aromatic rings. The molecule has 1 amide bonds. The van der Waals surface area contributed by atoms with Crippen LogP contribution in [-0.2, 0) is 29.6 Å². The maximum Gasteiger partial charge on any atom is 0.345 e. The zero-order chi connectivity index (χ0) is 19.3. The Hall–Kier alpha value is -1.70. The van der Waals surface area contributed by atoms with E-state index in [0.717, 1.165) is 47.4 Å². The summed E-state index contributed by atoms with van der Waals surface area (Å²) in [5, 5.41) is 11.5. The number of piperidine rings is 1. The van der Waals surface area contributed by atoms with Crippen molar-refractivity contribution in [2.24, 2.45) is 0 Å². The van der Waals surface area contributed by atoms with Crippen LogP contribution in [0.3, 0.4) is 0 Å². The first kappa shape index (κ1) is 18.3. The Morgan fingerprint density at radius 1 is 1.14 bits per heavy atom. The van der Waals surface area contributed by atoms with E-state index >= 15 is 0 Å². The third-order valence-corrected chi connectivity index (χ3v) is 8.62. The van der Waals surface area contributed by atoms with Crippen LogP contribution in [0, 0.1) is 0 Å². The quantitative estimate of drug-likeness (QED) is 0.799. The van der Waals surface area contributed by atoms with Gasteiger partial charge >= 0.3 is 5.97 Å². The molecular weight excluding hydrogens is 394 g/mol. The van der Waals surface area contributed by atoms with Gasteiger partial charge in [-0.3, -0.25) is 4.79 Å². The number of hydrogen-bond acceptors (Lipinski definition) is 5. The normalized spacial score (nSPS) is 20.6. The number of nitrogens with zero attached hydrogens (tertiary/aromatic N) is 1. The number of likely N-dealkylation sites (tertiary alicyclic amines) is 1. The molecule has 1 N–H and O–H groups in total. The van der Waals surface area contributed by atoms with Crippen LogP contribution in [0.4, 0.5) is 0 Å².